The summed E-state index contributed by atoms with van der Waals surface area (Å²) in [5.41, 5.74) is 0. The summed E-state index contributed by atoms with van der Waals surface area (Å²) < 4.78 is 0. The van der Waals surface area contributed by atoms with Gasteiger partial charge in [-0.3, -0.25) is 4.79 Å². The molecule has 0 spiro atoms. The topological polar surface area (TPSA) is 78.4 Å². The molecule has 3 N–H and O–H groups in total. The van der Waals surface area contributed by atoms with E-state index >= 15 is 0 Å². The van der Waals surface area contributed by atoms with Gasteiger partial charge in [0.1, 0.15) is 0 Å². The summed E-state index contributed by atoms with van der Waals surface area (Å²) in [6.07, 6.45) is 6.46. The van der Waals surface area contributed by atoms with Crippen LogP contribution in [0.25, 0.3) is 0 Å². The fraction of sp³-hybridized carbons (Fsp3) is 0.857. The number of rotatable bonds is 3. The van der Waals surface area contributed by atoms with Crippen molar-refractivity contribution >= 4 is 12.0 Å². The molecule has 5 nitrogen and oxygen atoms in total. The normalized spacial score (nSPS) is 34.8. The molecule has 2 aliphatic carbocycles. The van der Waals surface area contributed by atoms with Crippen LogP contribution in [-0.4, -0.2) is 29.2 Å². The van der Waals surface area contributed by atoms with Gasteiger partial charge < -0.3 is 15.7 Å². The van der Waals surface area contributed by atoms with E-state index in [1.807, 2.05) is 0 Å². The van der Waals surface area contributed by atoms with Crippen LogP contribution >= 0.6 is 0 Å². The second-order valence-corrected chi connectivity index (χ2v) is 6.12. The summed E-state index contributed by atoms with van der Waals surface area (Å²) >= 11 is 0. The summed E-state index contributed by atoms with van der Waals surface area (Å²) in [7, 11) is 0. The van der Waals surface area contributed by atoms with Gasteiger partial charge in [0.05, 0.1) is 5.92 Å². The summed E-state index contributed by atoms with van der Waals surface area (Å²) in [5.74, 6) is -0.265. The van der Waals surface area contributed by atoms with Gasteiger partial charge in [0.15, 0.2) is 0 Å². The number of amides is 2. The zero-order valence-electron chi connectivity index (χ0n) is 11.5. The van der Waals surface area contributed by atoms with Crippen LogP contribution < -0.4 is 10.6 Å². The maximum atomic E-state index is 11.9. The van der Waals surface area contributed by atoms with E-state index < -0.39 is 5.97 Å². The quantitative estimate of drug-likeness (QED) is 0.733. The van der Waals surface area contributed by atoms with E-state index in [0.29, 0.717) is 12.8 Å². The summed E-state index contributed by atoms with van der Waals surface area (Å²) in [6.45, 7) is 2.25. The molecule has 0 heterocycles. The van der Waals surface area contributed by atoms with E-state index in [9.17, 15) is 9.59 Å². The Labute approximate surface area is 114 Å². The van der Waals surface area contributed by atoms with Crippen molar-refractivity contribution in [1.82, 2.24) is 10.6 Å². The van der Waals surface area contributed by atoms with E-state index in [-0.39, 0.29) is 24.0 Å². The van der Waals surface area contributed by atoms with Gasteiger partial charge in [-0.2, -0.15) is 0 Å². The van der Waals surface area contributed by atoms with E-state index in [2.05, 4.69) is 17.6 Å². The van der Waals surface area contributed by atoms with Crippen molar-refractivity contribution in [3.8, 4) is 0 Å². The molecule has 2 amide bonds. The monoisotopic (exact) mass is 268 g/mol. The predicted molar refractivity (Wildman–Crippen MR) is 71.9 cm³/mol. The number of hydrogen-bond donors (Lipinski definition) is 3. The maximum absolute atomic E-state index is 11.9. The largest absolute Gasteiger partial charge is 0.481 e. The first-order valence-electron chi connectivity index (χ1n) is 7.34. The van der Waals surface area contributed by atoms with Gasteiger partial charge in [0.25, 0.3) is 0 Å². The van der Waals surface area contributed by atoms with Gasteiger partial charge in [-0.05, 0) is 50.9 Å². The van der Waals surface area contributed by atoms with Crippen LogP contribution in [0.2, 0.25) is 0 Å². The second-order valence-electron chi connectivity index (χ2n) is 6.12. The molecule has 0 aromatic rings. The van der Waals surface area contributed by atoms with Gasteiger partial charge in [0.2, 0.25) is 0 Å². The molecule has 2 fully saturated rings. The van der Waals surface area contributed by atoms with Crippen molar-refractivity contribution in [1.29, 1.82) is 0 Å². The van der Waals surface area contributed by atoms with Gasteiger partial charge in [-0.15, -0.1) is 0 Å². The van der Waals surface area contributed by atoms with E-state index in [1.165, 1.54) is 12.8 Å². The van der Waals surface area contributed by atoms with Crippen molar-refractivity contribution in [2.75, 3.05) is 0 Å². The fourth-order valence-corrected chi connectivity index (χ4v) is 3.15. The molecule has 108 valence electrons. The van der Waals surface area contributed by atoms with Crippen LogP contribution in [0.4, 0.5) is 4.79 Å². The van der Waals surface area contributed by atoms with Gasteiger partial charge in [-0.1, -0.05) is 6.92 Å². The first-order valence-corrected chi connectivity index (χ1v) is 7.34. The van der Waals surface area contributed by atoms with Gasteiger partial charge in [0, 0.05) is 12.1 Å². The van der Waals surface area contributed by atoms with E-state index in [4.69, 9.17) is 5.11 Å². The molecule has 0 bridgehead atoms. The van der Waals surface area contributed by atoms with Crippen LogP contribution in [0.5, 0.6) is 0 Å². The number of urea groups is 1. The molecule has 2 rings (SSSR count). The fourth-order valence-electron chi connectivity index (χ4n) is 3.15. The Balaban J connectivity index is 1.69. The first-order chi connectivity index (χ1) is 9.04. The number of carboxylic acids is 1. The Kier molecular flexibility index (Phi) is 4.66. The lowest BCUT2D eigenvalue weighted by Gasteiger charge is -2.27. The van der Waals surface area contributed by atoms with E-state index in [0.717, 1.165) is 25.2 Å². The maximum Gasteiger partial charge on any atom is 0.315 e. The third kappa shape index (κ3) is 4.11. The third-order valence-electron chi connectivity index (χ3n) is 4.47. The molecule has 2 saturated carbocycles. The minimum absolute atomic E-state index is 0.0172. The molecule has 19 heavy (non-hydrogen) atoms. The highest BCUT2D eigenvalue weighted by atomic mass is 16.4. The minimum Gasteiger partial charge on any atom is -0.481 e. The molecule has 0 radical (unpaired) electrons. The number of carbonyl (C=O) groups is 2. The zero-order valence-corrected chi connectivity index (χ0v) is 11.5. The average molecular weight is 268 g/mol. The Morgan fingerprint density at radius 2 is 1.53 bits per heavy atom. The number of aliphatic carboxylic acids is 1. The van der Waals surface area contributed by atoms with Crippen LogP contribution in [-0.2, 0) is 4.79 Å². The molecule has 0 aliphatic heterocycles. The highest BCUT2D eigenvalue weighted by molar-refractivity contribution is 5.75. The van der Waals surface area contributed by atoms with Crippen molar-refractivity contribution in [2.24, 2.45) is 11.8 Å². The molecule has 0 saturated heterocycles. The second kappa shape index (κ2) is 6.26. The van der Waals surface area contributed by atoms with Crippen LogP contribution in [0.1, 0.15) is 51.9 Å². The number of carboxylic acid groups (broad SMARTS) is 1. The molecule has 2 aliphatic rings. The number of hydrogen-bond acceptors (Lipinski definition) is 2. The van der Waals surface area contributed by atoms with Crippen molar-refractivity contribution in [3.63, 3.8) is 0 Å². The predicted octanol–water partition coefficient (Wildman–Crippen LogP) is 2.12. The lowest BCUT2D eigenvalue weighted by atomic mass is 9.87. The smallest absolute Gasteiger partial charge is 0.315 e. The lowest BCUT2D eigenvalue weighted by molar-refractivity contribution is -0.141. The summed E-state index contributed by atoms with van der Waals surface area (Å²) in [4.78, 5) is 22.7. The zero-order chi connectivity index (χ0) is 13.8. The molecule has 2 unspecified atom stereocenters. The number of nitrogens with one attached hydrogen (secondary N) is 2. The Morgan fingerprint density at radius 3 is 2.11 bits per heavy atom. The molecule has 2 atom stereocenters. The van der Waals surface area contributed by atoms with Crippen molar-refractivity contribution in [2.45, 2.75) is 64.0 Å². The van der Waals surface area contributed by atoms with Crippen LogP contribution in [0.15, 0.2) is 0 Å². The third-order valence-corrected chi connectivity index (χ3v) is 4.47. The van der Waals surface area contributed by atoms with Gasteiger partial charge in [-0.25, -0.2) is 4.79 Å². The molecule has 0 aromatic carbocycles. The lowest BCUT2D eigenvalue weighted by Crippen LogP contribution is -2.46. The summed E-state index contributed by atoms with van der Waals surface area (Å²) in [5, 5.41) is 14.8. The number of carbonyl (C=O) groups excluding carboxylic acids is 1. The molecule has 5 heteroatoms. The highest BCUT2D eigenvalue weighted by Crippen LogP contribution is 2.26. The van der Waals surface area contributed by atoms with Crippen molar-refractivity contribution < 1.29 is 14.7 Å². The van der Waals surface area contributed by atoms with Crippen LogP contribution in [0.3, 0.4) is 0 Å². The average Bonchev–Trinajstić information content (AvgIpc) is 2.80. The van der Waals surface area contributed by atoms with E-state index in [1.54, 1.807) is 0 Å². The Hall–Kier alpha value is -1.26. The SMILES string of the molecule is CC1CCC(NC(=O)NC2CCC(C(=O)O)C2)CC1. The standard InChI is InChI=1S/C14H24N2O3/c1-9-2-5-11(6-3-9)15-14(19)16-12-7-4-10(8-12)13(17)18/h9-12H,2-8H2,1H3,(H,17,18)(H2,15,16,19). The molecular weight excluding hydrogens is 244 g/mol. The highest BCUT2D eigenvalue weighted by Gasteiger charge is 2.31. The Bertz CT molecular complexity index is 338. The van der Waals surface area contributed by atoms with Crippen LogP contribution in [0, 0.1) is 11.8 Å². The minimum atomic E-state index is -0.744. The van der Waals surface area contributed by atoms with Crippen molar-refractivity contribution in [3.05, 3.63) is 0 Å². The first kappa shape index (κ1) is 14.2. The van der Waals surface area contributed by atoms with Gasteiger partial charge >= 0.3 is 12.0 Å². The molecular formula is C14H24N2O3. The Morgan fingerprint density at radius 1 is 0.947 bits per heavy atom. The molecule has 0 aromatic heterocycles. The summed E-state index contributed by atoms with van der Waals surface area (Å²) in [6, 6.07) is 0.173.